The highest BCUT2D eigenvalue weighted by Crippen LogP contribution is 2.28. The summed E-state index contributed by atoms with van der Waals surface area (Å²) in [6, 6.07) is 1.13. The molecule has 40 heavy (non-hydrogen) atoms. The van der Waals surface area contributed by atoms with Crippen molar-refractivity contribution in [1.82, 2.24) is 30.2 Å². The number of nitrogens with zero attached hydrogens (tertiary/aromatic N) is 4. The molecule has 0 spiro atoms. The zero-order chi connectivity index (χ0) is 28.3. The molecular formula is C28H39F2N7O3. The number of halogens is 2. The molecule has 1 fully saturated rings. The van der Waals surface area contributed by atoms with Crippen LogP contribution >= 0.6 is 0 Å². The molecule has 0 aromatic carbocycles. The Kier molecular flexibility index (Phi) is 11.0. The van der Waals surface area contributed by atoms with Gasteiger partial charge in [0.05, 0.1) is 25.6 Å². The van der Waals surface area contributed by atoms with Gasteiger partial charge in [-0.05, 0) is 51.0 Å². The number of fused-ring (bicyclic) bond motifs is 1. The molecule has 4 rings (SSSR count). The van der Waals surface area contributed by atoms with Gasteiger partial charge in [-0.1, -0.05) is 6.92 Å². The molecule has 0 unspecified atom stereocenters. The number of carbonyl (C=O) groups excluding carboxylic acids is 1. The van der Waals surface area contributed by atoms with Gasteiger partial charge in [-0.25, -0.2) is 28.5 Å². The number of rotatable bonds is 14. The first-order valence-corrected chi connectivity index (χ1v) is 14.0. The number of H-pyrrole nitrogens is 1. The summed E-state index contributed by atoms with van der Waals surface area (Å²) in [6.45, 7) is 5.32. The van der Waals surface area contributed by atoms with Gasteiger partial charge in [-0.2, -0.15) is 0 Å². The van der Waals surface area contributed by atoms with Crippen LogP contribution < -0.4 is 10.6 Å². The van der Waals surface area contributed by atoms with Crippen LogP contribution in [0.2, 0.25) is 0 Å². The number of aromatic nitrogens is 4. The minimum atomic E-state index is -0.573. The van der Waals surface area contributed by atoms with Crippen molar-refractivity contribution in [2.45, 2.75) is 64.0 Å². The molecule has 218 valence electrons. The third-order valence-corrected chi connectivity index (χ3v) is 6.92. The molecule has 3 N–H and O–H groups in total. The maximum Gasteiger partial charge on any atom is 0.317 e. The highest BCUT2D eigenvalue weighted by molar-refractivity contribution is 5.91. The number of anilines is 1. The number of hydrogen-bond donors (Lipinski definition) is 3. The number of amides is 2. The molecule has 0 radical (unpaired) electrons. The zero-order valence-corrected chi connectivity index (χ0v) is 23.2. The van der Waals surface area contributed by atoms with E-state index >= 15 is 0 Å². The minimum Gasteiger partial charge on any atom is -0.379 e. The fraction of sp³-hybridized carbons (Fsp3) is 0.571. The van der Waals surface area contributed by atoms with Crippen LogP contribution in [0.5, 0.6) is 0 Å². The highest BCUT2D eigenvalue weighted by Gasteiger charge is 2.25. The van der Waals surface area contributed by atoms with Gasteiger partial charge in [0.2, 0.25) is 0 Å². The van der Waals surface area contributed by atoms with Crippen molar-refractivity contribution >= 4 is 22.9 Å². The number of nitrogens with one attached hydrogen (secondary N) is 3. The van der Waals surface area contributed by atoms with E-state index in [4.69, 9.17) is 9.47 Å². The average Bonchev–Trinajstić information content (AvgIpc) is 3.36. The molecule has 0 bridgehead atoms. The predicted molar refractivity (Wildman–Crippen MR) is 149 cm³/mol. The monoisotopic (exact) mass is 559 g/mol. The number of aromatic amines is 1. The molecule has 0 saturated heterocycles. The van der Waals surface area contributed by atoms with Crippen molar-refractivity contribution < 1.29 is 23.0 Å². The van der Waals surface area contributed by atoms with Crippen molar-refractivity contribution in [2.24, 2.45) is 0 Å². The van der Waals surface area contributed by atoms with Crippen LogP contribution in [0.1, 0.15) is 51.9 Å². The lowest BCUT2D eigenvalue weighted by atomic mass is 9.91. The van der Waals surface area contributed by atoms with Crippen LogP contribution in [0.4, 0.5) is 19.4 Å². The number of unbranched alkanes of at least 4 members (excludes halogenated alkanes) is 1. The summed E-state index contributed by atoms with van der Waals surface area (Å²) in [5.41, 5.74) is 1.03. The SMILES string of the molecule is CCCOCCOCCCCN(C)C(=O)N[C@H]1CCC[C@@H](Nc2nc(-c3c[nH]c4ncc(F)cc34)ncc2F)C1. The topological polar surface area (TPSA) is 117 Å². The minimum absolute atomic E-state index is 0.0281. The molecule has 1 aliphatic rings. The first-order valence-electron chi connectivity index (χ1n) is 14.0. The van der Waals surface area contributed by atoms with E-state index in [2.05, 4.69) is 37.5 Å². The second kappa shape index (κ2) is 14.8. The second-order valence-corrected chi connectivity index (χ2v) is 10.1. The van der Waals surface area contributed by atoms with E-state index in [9.17, 15) is 13.6 Å². The molecular weight excluding hydrogens is 520 g/mol. The van der Waals surface area contributed by atoms with Crippen molar-refractivity contribution in [2.75, 3.05) is 45.3 Å². The van der Waals surface area contributed by atoms with Crippen molar-refractivity contribution in [1.29, 1.82) is 0 Å². The number of urea groups is 1. The first kappa shape index (κ1) is 29.6. The van der Waals surface area contributed by atoms with Gasteiger partial charge in [-0.3, -0.25) is 0 Å². The Bertz CT molecular complexity index is 1240. The molecule has 3 heterocycles. The molecule has 2 amide bonds. The lowest BCUT2D eigenvalue weighted by Crippen LogP contribution is -2.47. The quantitative estimate of drug-likeness (QED) is 0.241. The second-order valence-electron chi connectivity index (χ2n) is 10.1. The molecule has 12 heteroatoms. The fourth-order valence-corrected chi connectivity index (χ4v) is 4.81. The number of hydrogen-bond acceptors (Lipinski definition) is 7. The Morgan fingerprint density at radius 2 is 1.90 bits per heavy atom. The standard InChI is InChI=1S/C28H39F2N7O3/c1-3-10-39-12-13-40-11-5-4-9-37(2)28(38)35-21-8-6-7-20(15-21)34-27-24(30)18-33-26(36-27)23-17-32-25-22(23)14-19(29)16-31-25/h14,16-18,20-21H,3-13,15H2,1-2H3,(H,31,32)(H,35,38)(H,33,34,36)/t20-,21+/m1/s1. The zero-order valence-electron chi connectivity index (χ0n) is 23.2. The number of carbonyl (C=O) groups is 1. The number of pyridine rings is 1. The first-order chi connectivity index (χ1) is 19.4. The van der Waals surface area contributed by atoms with Crippen LogP contribution in [0.15, 0.2) is 24.7 Å². The molecule has 3 aromatic heterocycles. The smallest absolute Gasteiger partial charge is 0.317 e. The Hall–Kier alpha value is -3.38. The van der Waals surface area contributed by atoms with Gasteiger partial charge < -0.3 is 30.0 Å². The van der Waals surface area contributed by atoms with Crippen molar-refractivity contribution in [3.05, 3.63) is 36.3 Å². The van der Waals surface area contributed by atoms with E-state index in [1.165, 1.54) is 6.07 Å². The van der Waals surface area contributed by atoms with Crippen LogP contribution in [-0.4, -0.2) is 83.0 Å². The van der Waals surface area contributed by atoms with Crippen molar-refractivity contribution in [3.8, 4) is 11.4 Å². The van der Waals surface area contributed by atoms with E-state index in [0.717, 1.165) is 57.5 Å². The van der Waals surface area contributed by atoms with Gasteiger partial charge in [0.1, 0.15) is 11.5 Å². The molecule has 1 aliphatic carbocycles. The molecule has 10 nitrogen and oxygen atoms in total. The maximum atomic E-state index is 14.7. The summed E-state index contributed by atoms with van der Waals surface area (Å²) >= 11 is 0. The Labute approximate surface area is 233 Å². The van der Waals surface area contributed by atoms with Gasteiger partial charge in [0.25, 0.3) is 0 Å². The molecule has 0 aliphatic heterocycles. The van der Waals surface area contributed by atoms with E-state index in [0.29, 0.717) is 49.4 Å². The molecule has 1 saturated carbocycles. The largest absolute Gasteiger partial charge is 0.379 e. The predicted octanol–water partition coefficient (Wildman–Crippen LogP) is 4.89. The average molecular weight is 560 g/mol. The summed E-state index contributed by atoms with van der Waals surface area (Å²) in [6.07, 6.45) is 9.81. The fourth-order valence-electron chi connectivity index (χ4n) is 4.81. The van der Waals surface area contributed by atoms with Crippen molar-refractivity contribution in [3.63, 3.8) is 0 Å². The normalized spacial score (nSPS) is 17.2. The third-order valence-electron chi connectivity index (χ3n) is 6.92. The van der Waals surface area contributed by atoms with E-state index in [1.807, 2.05) is 0 Å². The van der Waals surface area contributed by atoms with Crippen LogP contribution in [0, 0.1) is 11.6 Å². The maximum absolute atomic E-state index is 14.7. The summed E-state index contributed by atoms with van der Waals surface area (Å²) in [5.74, 6) is -0.708. The summed E-state index contributed by atoms with van der Waals surface area (Å²) in [4.78, 5) is 29.9. The molecule has 2 atom stereocenters. The van der Waals surface area contributed by atoms with E-state index < -0.39 is 11.6 Å². The van der Waals surface area contributed by atoms with Gasteiger partial charge >= 0.3 is 6.03 Å². The van der Waals surface area contributed by atoms with Gasteiger partial charge in [0, 0.05) is 56.0 Å². The van der Waals surface area contributed by atoms with Crippen LogP contribution in [0.25, 0.3) is 22.4 Å². The lowest BCUT2D eigenvalue weighted by molar-refractivity contribution is 0.0463. The summed E-state index contributed by atoms with van der Waals surface area (Å²) in [7, 11) is 1.79. The van der Waals surface area contributed by atoms with E-state index in [1.54, 1.807) is 18.1 Å². The highest BCUT2D eigenvalue weighted by atomic mass is 19.1. The van der Waals surface area contributed by atoms with Gasteiger partial charge in [0.15, 0.2) is 17.5 Å². The number of ether oxygens (including phenoxy) is 2. The molecule has 3 aromatic rings. The Morgan fingerprint density at radius 1 is 1.10 bits per heavy atom. The van der Waals surface area contributed by atoms with Crippen LogP contribution in [0.3, 0.4) is 0 Å². The third kappa shape index (κ3) is 8.31. The lowest BCUT2D eigenvalue weighted by Gasteiger charge is -2.32. The van der Waals surface area contributed by atoms with Crippen LogP contribution in [-0.2, 0) is 9.47 Å². The summed E-state index contributed by atoms with van der Waals surface area (Å²) < 4.78 is 39.4. The van der Waals surface area contributed by atoms with Gasteiger partial charge in [-0.15, -0.1) is 0 Å². The summed E-state index contributed by atoms with van der Waals surface area (Å²) in [5, 5.41) is 6.83. The Balaban J connectivity index is 1.24. The Morgan fingerprint density at radius 3 is 2.73 bits per heavy atom. The van der Waals surface area contributed by atoms with E-state index in [-0.39, 0.29) is 29.8 Å².